The smallest absolute Gasteiger partial charge is 0.309 e. The number of aliphatic hydroxyl groups is 1. The van der Waals surface area contributed by atoms with Gasteiger partial charge in [0.2, 0.25) is 0 Å². The summed E-state index contributed by atoms with van der Waals surface area (Å²) in [5.41, 5.74) is -0.503. The van der Waals surface area contributed by atoms with E-state index in [0.29, 0.717) is 12.8 Å². The van der Waals surface area contributed by atoms with Gasteiger partial charge in [-0.3, -0.25) is 14.4 Å². The van der Waals surface area contributed by atoms with E-state index < -0.39 is 11.8 Å². The SMILES string of the molecule is CC1(C)CC(NC(=O)C(=O)NCCO)CC(C)(C)N1OC1CCCCC1. The molecule has 1 heterocycles. The monoisotopic (exact) mass is 369 g/mol. The number of piperidine rings is 1. The Balaban J connectivity index is 1.99. The zero-order valence-electron chi connectivity index (χ0n) is 16.6. The maximum Gasteiger partial charge on any atom is 0.309 e. The Bertz CT molecular complexity index is 483. The molecule has 0 atom stereocenters. The number of hydrogen-bond donors (Lipinski definition) is 3. The van der Waals surface area contributed by atoms with E-state index >= 15 is 0 Å². The number of amides is 2. The summed E-state index contributed by atoms with van der Waals surface area (Å²) in [6.45, 7) is 8.40. The number of nitrogens with one attached hydrogen (secondary N) is 2. The van der Waals surface area contributed by atoms with Gasteiger partial charge in [0.05, 0.1) is 12.7 Å². The topological polar surface area (TPSA) is 90.9 Å². The molecule has 2 fully saturated rings. The molecule has 0 aromatic heterocycles. The number of rotatable bonds is 5. The van der Waals surface area contributed by atoms with Gasteiger partial charge in [-0.1, -0.05) is 19.3 Å². The second-order valence-corrected chi connectivity index (χ2v) is 8.84. The molecule has 0 spiro atoms. The molecule has 7 heteroatoms. The fourth-order valence-corrected chi connectivity index (χ4v) is 4.47. The van der Waals surface area contributed by atoms with Gasteiger partial charge in [0.15, 0.2) is 0 Å². The van der Waals surface area contributed by atoms with E-state index in [9.17, 15) is 9.59 Å². The van der Waals surface area contributed by atoms with Crippen LogP contribution in [-0.2, 0) is 14.4 Å². The van der Waals surface area contributed by atoms with Crippen molar-refractivity contribution in [3.8, 4) is 0 Å². The van der Waals surface area contributed by atoms with Crippen LogP contribution in [0.5, 0.6) is 0 Å². The van der Waals surface area contributed by atoms with Crippen molar-refractivity contribution in [3.05, 3.63) is 0 Å². The van der Waals surface area contributed by atoms with Gasteiger partial charge in [0.1, 0.15) is 0 Å². The molecule has 1 aliphatic heterocycles. The predicted octanol–water partition coefficient (Wildman–Crippen LogP) is 1.50. The molecule has 2 aliphatic rings. The summed E-state index contributed by atoms with van der Waals surface area (Å²) in [5.74, 6) is -1.34. The van der Waals surface area contributed by atoms with E-state index in [1.54, 1.807) is 0 Å². The van der Waals surface area contributed by atoms with Gasteiger partial charge >= 0.3 is 11.8 Å². The van der Waals surface area contributed by atoms with Crippen molar-refractivity contribution in [2.75, 3.05) is 13.2 Å². The Kier molecular flexibility index (Phi) is 7.05. The number of nitrogens with zero attached hydrogens (tertiary/aromatic N) is 1. The molecule has 1 saturated heterocycles. The quantitative estimate of drug-likeness (QED) is 0.639. The first-order valence-electron chi connectivity index (χ1n) is 9.82. The Hall–Kier alpha value is -1.18. The highest BCUT2D eigenvalue weighted by atomic mass is 16.7. The molecule has 0 radical (unpaired) electrons. The van der Waals surface area contributed by atoms with Crippen LogP contribution in [0.25, 0.3) is 0 Å². The molecular weight excluding hydrogens is 334 g/mol. The van der Waals surface area contributed by atoms with Crippen molar-refractivity contribution in [2.45, 2.75) is 95.9 Å². The van der Waals surface area contributed by atoms with E-state index in [-0.39, 0.29) is 36.4 Å². The van der Waals surface area contributed by atoms with Gasteiger partial charge < -0.3 is 15.7 Å². The van der Waals surface area contributed by atoms with Gasteiger partial charge in [-0.2, -0.15) is 5.06 Å². The molecule has 3 N–H and O–H groups in total. The van der Waals surface area contributed by atoms with Gasteiger partial charge in [-0.15, -0.1) is 0 Å². The van der Waals surface area contributed by atoms with Crippen LogP contribution in [-0.4, -0.2) is 58.4 Å². The average molecular weight is 370 g/mol. The number of hydrogen-bond acceptors (Lipinski definition) is 5. The van der Waals surface area contributed by atoms with E-state index in [4.69, 9.17) is 9.94 Å². The van der Waals surface area contributed by atoms with Crippen LogP contribution in [0, 0.1) is 0 Å². The van der Waals surface area contributed by atoms with Gasteiger partial charge in [-0.25, -0.2) is 0 Å². The highest BCUT2D eigenvalue weighted by molar-refractivity contribution is 6.35. The number of aliphatic hydroxyl groups excluding tert-OH is 1. The highest BCUT2D eigenvalue weighted by Crippen LogP contribution is 2.40. The fourth-order valence-electron chi connectivity index (χ4n) is 4.47. The maximum atomic E-state index is 12.1. The van der Waals surface area contributed by atoms with Crippen LogP contribution >= 0.6 is 0 Å². The van der Waals surface area contributed by atoms with E-state index in [1.165, 1.54) is 19.3 Å². The molecule has 2 rings (SSSR count). The summed E-state index contributed by atoms with van der Waals surface area (Å²) in [6.07, 6.45) is 7.64. The van der Waals surface area contributed by atoms with Crippen molar-refractivity contribution < 1.29 is 19.5 Å². The third kappa shape index (κ3) is 5.41. The lowest BCUT2D eigenvalue weighted by Crippen LogP contribution is -2.65. The number of hydroxylamine groups is 2. The second-order valence-electron chi connectivity index (χ2n) is 8.84. The summed E-state index contributed by atoms with van der Waals surface area (Å²) in [5, 5.41) is 16.1. The Morgan fingerprint density at radius 2 is 1.62 bits per heavy atom. The van der Waals surface area contributed by atoms with Crippen LogP contribution in [0.1, 0.15) is 72.6 Å². The van der Waals surface area contributed by atoms with Crippen molar-refractivity contribution >= 4 is 11.8 Å². The molecule has 150 valence electrons. The molecule has 0 aromatic rings. The predicted molar refractivity (Wildman–Crippen MR) is 99.2 cm³/mol. The fraction of sp³-hybridized carbons (Fsp3) is 0.895. The molecule has 1 aliphatic carbocycles. The first kappa shape index (κ1) is 21.1. The molecule has 2 amide bonds. The molecule has 26 heavy (non-hydrogen) atoms. The summed E-state index contributed by atoms with van der Waals surface area (Å²) in [6, 6.07) is -0.0985. The zero-order chi connectivity index (χ0) is 19.4. The van der Waals surface area contributed by atoms with Crippen molar-refractivity contribution in [1.29, 1.82) is 0 Å². The van der Waals surface area contributed by atoms with Crippen LogP contribution in [0.3, 0.4) is 0 Å². The Morgan fingerprint density at radius 3 is 2.15 bits per heavy atom. The Morgan fingerprint density at radius 1 is 1.04 bits per heavy atom. The second kappa shape index (κ2) is 8.67. The molecule has 0 aromatic carbocycles. The number of carbonyl (C=O) groups is 2. The summed E-state index contributed by atoms with van der Waals surface area (Å²) < 4.78 is 0. The maximum absolute atomic E-state index is 12.1. The van der Waals surface area contributed by atoms with E-state index in [0.717, 1.165) is 12.8 Å². The zero-order valence-corrected chi connectivity index (χ0v) is 16.6. The lowest BCUT2D eigenvalue weighted by Gasteiger charge is -2.55. The molecule has 0 unspecified atom stereocenters. The molecule has 7 nitrogen and oxygen atoms in total. The minimum absolute atomic E-state index is 0.0803. The molecule has 0 bridgehead atoms. The van der Waals surface area contributed by atoms with Crippen molar-refractivity contribution in [1.82, 2.24) is 15.7 Å². The van der Waals surface area contributed by atoms with E-state index in [2.05, 4.69) is 43.4 Å². The van der Waals surface area contributed by atoms with Gasteiger partial charge in [0, 0.05) is 23.7 Å². The lowest BCUT2D eigenvalue weighted by molar-refractivity contribution is -0.310. The first-order valence-corrected chi connectivity index (χ1v) is 9.82. The first-order chi connectivity index (χ1) is 12.2. The minimum Gasteiger partial charge on any atom is -0.395 e. The third-order valence-electron chi connectivity index (χ3n) is 5.34. The van der Waals surface area contributed by atoms with Gasteiger partial charge in [-0.05, 0) is 53.4 Å². The van der Waals surface area contributed by atoms with E-state index in [1.807, 2.05) is 0 Å². The minimum atomic E-state index is -0.699. The van der Waals surface area contributed by atoms with Crippen LogP contribution in [0.15, 0.2) is 0 Å². The normalized spacial score (nSPS) is 24.2. The Labute approximate surface area is 156 Å². The molecular formula is C19H35N3O4. The third-order valence-corrected chi connectivity index (χ3v) is 5.34. The largest absolute Gasteiger partial charge is 0.395 e. The van der Waals surface area contributed by atoms with Crippen LogP contribution in [0.4, 0.5) is 0 Å². The van der Waals surface area contributed by atoms with Crippen LogP contribution < -0.4 is 10.6 Å². The summed E-state index contributed by atoms with van der Waals surface area (Å²) in [4.78, 5) is 30.3. The molecule has 1 saturated carbocycles. The van der Waals surface area contributed by atoms with Crippen molar-refractivity contribution in [3.63, 3.8) is 0 Å². The summed E-state index contributed by atoms with van der Waals surface area (Å²) in [7, 11) is 0. The van der Waals surface area contributed by atoms with Crippen LogP contribution in [0.2, 0.25) is 0 Å². The standard InChI is InChI=1S/C19H35N3O4/c1-18(2)12-14(21-17(25)16(24)20-10-11-23)13-19(3,4)22(18)26-15-8-6-5-7-9-15/h14-15,23H,5-13H2,1-4H3,(H,20,24)(H,21,25). The average Bonchev–Trinajstić information content (AvgIpc) is 2.56. The highest BCUT2D eigenvalue weighted by Gasteiger charge is 2.48. The number of carbonyl (C=O) groups excluding carboxylic acids is 2. The lowest BCUT2D eigenvalue weighted by atomic mass is 9.79. The van der Waals surface area contributed by atoms with Gasteiger partial charge in [0.25, 0.3) is 0 Å². The van der Waals surface area contributed by atoms with Crippen molar-refractivity contribution in [2.24, 2.45) is 0 Å². The summed E-state index contributed by atoms with van der Waals surface area (Å²) >= 11 is 0.